The maximum Gasteiger partial charge on any atom is 0.338 e. The highest BCUT2D eigenvalue weighted by Crippen LogP contribution is 2.21. The van der Waals surface area contributed by atoms with Crippen molar-refractivity contribution in [1.29, 1.82) is 0 Å². The van der Waals surface area contributed by atoms with Crippen molar-refractivity contribution in [2.75, 3.05) is 11.9 Å². The van der Waals surface area contributed by atoms with Crippen LogP contribution >= 0.6 is 0 Å². The van der Waals surface area contributed by atoms with Crippen molar-refractivity contribution in [2.24, 2.45) is 0 Å². The Morgan fingerprint density at radius 3 is 2.27 bits per heavy atom. The first-order valence-electron chi connectivity index (χ1n) is 10.7. The molecular weight excluding hydrogens is 420 g/mol. The first-order valence-corrected chi connectivity index (χ1v) is 10.7. The van der Waals surface area contributed by atoms with E-state index in [9.17, 15) is 14.4 Å². The number of carbonyl (C=O) groups excluding carboxylic acids is 3. The van der Waals surface area contributed by atoms with E-state index in [1.54, 1.807) is 48.5 Å². The van der Waals surface area contributed by atoms with Crippen molar-refractivity contribution < 1.29 is 23.9 Å². The number of benzene rings is 3. The molecule has 0 aromatic heterocycles. The van der Waals surface area contributed by atoms with Crippen LogP contribution < -0.4 is 15.4 Å². The van der Waals surface area contributed by atoms with Crippen LogP contribution in [0.4, 0.5) is 5.69 Å². The lowest BCUT2D eigenvalue weighted by Crippen LogP contribution is -2.28. The van der Waals surface area contributed by atoms with E-state index in [-0.39, 0.29) is 11.9 Å². The van der Waals surface area contributed by atoms with Gasteiger partial charge in [-0.05, 0) is 54.8 Å². The standard InChI is InChI=1S/C26H24N2O5/c29-24(28-23-9-5-4-8-22(23)25(30)27-20-12-13-20)17-33-26(31)19-10-14-21(15-11-19)32-16-18-6-2-1-3-7-18/h1-11,14-15,20H,12-13,16-17H2,(H,27,30)(H,28,29). The van der Waals surface area contributed by atoms with Crippen LogP contribution in [-0.2, 0) is 16.1 Å². The number of ether oxygens (including phenoxy) is 2. The van der Waals surface area contributed by atoms with Crippen molar-refractivity contribution in [3.8, 4) is 5.75 Å². The maximum atomic E-state index is 12.3. The van der Waals surface area contributed by atoms with Crippen molar-refractivity contribution in [3.63, 3.8) is 0 Å². The van der Waals surface area contributed by atoms with Gasteiger partial charge in [0, 0.05) is 6.04 Å². The van der Waals surface area contributed by atoms with Gasteiger partial charge in [-0.2, -0.15) is 0 Å². The number of para-hydroxylation sites is 1. The van der Waals surface area contributed by atoms with Crippen LogP contribution in [0.5, 0.6) is 5.75 Å². The van der Waals surface area contributed by atoms with Gasteiger partial charge in [-0.3, -0.25) is 9.59 Å². The Morgan fingerprint density at radius 1 is 0.848 bits per heavy atom. The molecule has 0 aliphatic heterocycles. The van der Waals surface area contributed by atoms with Crippen LogP contribution in [0.2, 0.25) is 0 Å². The van der Waals surface area contributed by atoms with Crippen molar-refractivity contribution >= 4 is 23.5 Å². The minimum atomic E-state index is -0.625. The van der Waals surface area contributed by atoms with E-state index >= 15 is 0 Å². The van der Waals surface area contributed by atoms with E-state index in [2.05, 4.69) is 10.6 Å². The number of rotatable bonds is 9. The van der Waals surface area contributed by atoms with Gasteiger partial charge in [-0.1, -0.05) is 42.5 Å². The number of hydrogen-bond acceptors (Lipinski definition) is 5. The summed E-state index contributed by atoms with van der Waals surface area (Å²) in [5.74, 6) is -0.772. The summed E-state index contributed by atoms with van der Waals surface area (Å²) in [6.07, 6.45) is 1.94. The highest BCUT2D eigenvalue weighted by Gasteiger charge is 2.25. The molecular formula is C26H24N2O5. The molecule has 0 atom stereocenters. The second-order valence-corrected chi connectivity index (χ2v) is 7.72. The van der Waals surface area contributed by atoms with E-state index in [1.807, 2.05) is 30.3 Å². The molecule has 2 amide bonds. The van der Waals surface area contributed by atoms with Gasteiger partial charge in [-0.15, -0.1) is 0 Å². The Morgan fingerprint density at radius 2 is 1.55 bits per heavy atom. The lowest BCUT2D eigenvalue weighted by atomic mass is 10.1. The molecule has 1 aliphatic rings. The number of hydrogen-bond donors (Lipinski definition) is 2. The first kappa shape index (κ1) is 22.1. The van der Waals surface area contributed by atoms with Crippen LogP contribution in [0.3, 0.4) is 0 Å². The average molecular weight is 444 g/mol. The Bertz CT molecular complexity index is 1120. The highest BCUT2D eigenvalue weighted by molar-refractivity contribution is 6.04. The van der Waals surface area contributed by atoms with Gasteiger partial charge in [-0.25, -0.2) is 4.79 Å². The third-order valence-electron chi connectivity index (χ3n) is 5.03. The lowest BCUT2D eigenvalue weighted by molar-refractivity contribution is -0.119. The molecule has 7 heteroatoms. The molecule has 0 unspecified atom stereocenters. The summed E-state index contributed by atoms with van der Waals surface area (Å²) < 4.78 is 10.8. The van der Waals surface area contributed by atoms with E-state index in [4.69, 9.17) is 9.47 Å². The topological polar surface area (TPSA) is 93.7 Å². The van der Waals surface area contributed by atoms with E-state index in [0.717, 1.165) is 18.4 Å². The molecule has 7 nitrogen and oxygen atoms in total. The van der Waals surface area contributed by atoms with Gasteiger partial charge in [0.2, 0.25) is 0 Å². The SMILES string of the molecule is O=C(COC(=O)c1ccc(OCc2ccccc2)cc1)Nc1ccccc1C(=O)NC1CC1. The largest absolute Gasteiger partial charge is 0.489 e. The van der Waals surface area contributed by atoms with Gasteiger partial charge in [0.25, 0.3) is 11.8 Å². The van der Waals surface area contributed by atoms with Gasteiger partial charge in [0.15, 0.2) is 6.61 Å². The number of esters is 1. The summed E-state index contributed by atoms with van der Waals surface area (Å²) in [7, 11) is 0. The van der Waals surface area contributed by atoms with E-state index in [1.165, 1.54) is 0 Å². The third kappa shape index (κ3) is 6.43. The molecule has 168 valence electrons. The number of nitrogens with one attached hydrogen (secondary N) is 2. The maximum absolute atomic E-state index is 12.3. The third-order valence-corrected chi connectivity index (χ3v) is 5.03. The van der Waals surface area contributed by atoms with Crippen LogP contribution in [0, 0.1) is 0 Å². The minimum Gasteiger partial charge on any atom is -0.489 e. The zero-order valence-corrected chi connectivity index (χ0v) is 18.0. The normalized spacial score (nSPS) is 12.5. The fourth-order valence-electron chi connectivity index (χ4n) is 3.11. The summed E-state index contributed by atoms with van der Waals surface area (Å²) in [6.45, 7) is -0.0470. The van der Waals surface area contributed by atoms with Crippen LogP contribution in [0.25, 0.3) is 0 Å². The van der Waals surface area contributed by atoms with Crippen molar-refractivity contribution in [2.45, 2.75) is 25.5 Å². The zero-order valence-electron chi connectivity index (χ0n) is 18.0. The quantitative estimate of drug-likeness (QED) is 0.488. The van der Waals surface area contributed by atoms with Crippen molar-refractivity contribution in [1.82, 2.24) is 5.32 Å². The van der Waals surface area contributed by atoms with Crippen LogP contribution in [0.15, 0.2) is 78.9 Å². The monoisotopic (exact) mass is 444 g/mol. The van der Waals surface area contributed by atoms with E-state index < -0.39 is 18.5 Å². The molecule has 0 saturated heterocycles. The summed E-state index contributed by atoms with van der Waals surface area (Å²) >= 11 is 0. The summed E-state index contributed by atoms with van der Waals surface area (Å²) in [5.41, 5.74) is 2.09. The molecule has 0 bridgehead atoms. The molecule has 2 N–H and O–H groups in total. The Labute approximate surface area is 191 Å². The molecule has 3 aromatic rings. The fourth-order valence-corrected chi connectivity index (χ4v) is 3.11. The predicted octanol–water partition coefficient (Wildman–Crippen LogP) is 3.95. The molecule has 0 radical (unpaired) electrons. The molecule has 1 saturated carbocycles. The lowest BCUT2D eigenvalue weighted by Gasteiger charge is -2.11. The van der Waals surface area contributed by atoms with Crippen LogP contribution in [0.1, 0.15) is 39.1 Å². The molecule has 0 spiro atoms. The van der Waals surface area contributed by atoms with E-state index in [0.29, 0.717) is 29.2 Å². The van der Waals surface area contributed by atoms with Gasteiger partial charge >= 0.3 is 5.97 Å². The number of anilines is 1. The Hall–Kier alpha value is -4.13. The molecule has 4 rings (SSSR count). The predicted molar refractivity (Wildman–Crippen MR) is 123 cm³/mol. The summed E-state index contributed by atoms with van der Waals surface area (Å²) in [6, 6.07) is 23.2. The number of amides is 2. The van der Waals surface area contributed by atoms with Gasteiger partial charge in [0.05, 0.1) is 16.8 Å². The number of carbonyl (C=O) groups is 3. The summed E-state index contributed by atoms with van der Waals surface area (Å²) in [4.78, 5) is 36.9. The molecule has 3 aromatic carbocycles. The molecule has 1 fully saturated rings. The Balaban J connectivity index is 1.26. The van der Waals surface area contributed by atoms with Gasteiger partial charge in [0.1, 0.15) is 12.4 Å². The minimum absolute atomic E-state index is 0.206. The van der Waals surface area contributed by atoms with Gasteiger partial charge < -0.3 is 20.1 Å². The highest BCUT2D eigenvalue weighted by atomic mass is 16.5. The zero-order chi connectivity index (χ0) is 23.0. The molecule has 1 aliphatic carbocycles. The second kappa shape index (κ2) is 10.5. The van der Waals surface area contributed by atoms with Crippen molar-refractivity contribution in [3.05, 3.63) is 95.6 Å². The first-order chi connectivity index (χ1) is 16.1. The summed E-state index contributed by atoms with van der Waals surface area (Å²) in [5, 5.41) is 5.53. The average Bonchev–Trinajstić information content (AvgIpc) is 3.66. The molecule has 33 heavy (non-hydrogen) atoms. The Kier molecular flexibility index (Phi) is 6.99. The van der Waals surface area contributed by atoms with Crippen LogP contribution in [-0.4, -0.2) is 30.4 Å². The second-order valence-electron chi connectivity index (χ2n) is 7.72. The fraction of sp³-hybridized carbons (Fsp3) is 0.192. The molecule has 0 heterocycles. The smallest absolute Gasteiger partial charge is 0.338 e.